The second-order valence-corrected chi connectivity index (χ2v) is 10.6. The smallest absolute Gasteiger partial charge is 0.253 e. The topological polar surface area (TPSA) is 112 Å². The first-order valence-electron chi connectivity index (χ1n) is 12.6. The second kappa shape index (κ2) is 12.7. The molecule has 2 N–H and O–H groups in total. The molecule has 0 aliphatic carbocycles. The van der Waals surface area contributed by atoms with Crippen LogP contribution in [-0.2, 0) is 13.0 Å². The summed E-state index contributed by atoms with van der Waals surface area (Å²) in [6.45, 7) is 4.34. The number of benzene rings is 2. The number of carbonyl (C=O) groups excluding carboxylic acids is 2. The highest BCUT2D eigenvalue weighted by Crippen LogP contribution is 2.17. The lowest BCUT2D eigenvalue weighted by Crippen LogP contribution is -2.49. The van der Waals surface area contributed by atoms with Gasteiger partial charge in [-0.1, -0.05) is 41.6 Å². The van der Waals surface area contributed by atoms with Crippen LogP contribution in [0.4, 0.5) is 5.88 Å². The van der Waals surface area contributed by atoms with Crippen molar-refractivity contribution in [2.45, 2.75) is 39.0 Å². The zero-order valence-corrected chi connectivity index (χ0v) is 23.3. The van der Waals surface area contributed by atoms with Gasteiger partial charge in [-0.05, 0) is 44.0 Å². The molecule has 2 aromatic heterocycles. The van der Waals surface area contributed by atoms with E-state index in [0.717, 1.165) is 22.0 Å². The van der Waals surface area contributed by atoms with Crippen LogP contribution in [0.15, 0.2) is 70.6 Å². The maximum atomic E-state index is 13.3. The Morgan fingerprint density at radius 2 is 1.77 bits per heavy atom. The maximum absolute atomic E-state index is 13.3. The van der Waals surface area contributed by atoms with Gasteiger partial charge in [0.1, 0.15) is 5.01 Å². The molecule has 0 bridgehead atoms. The molecule has 0 aliphatic heterocycles. The van der Waals surface area contributed by atoms with Crippen LogP contribution in [0.1, 0.15) is 42.7 Å². The number of hydrogen-bond acceptors (Lipinski definition) is 8. The molecule has 2 atom stereocenters. The van der Waals surface area contributed by atoms with Crippen molar-refractivity contribution in [3.8, 4) is 0 Å². The molecule has 0 saturated carbocycles. The molecule has 0 unspecified atom stereocenters. The summed E-state index contributed by atoms with van der Waals surface area (Å²) in [5, 5.41) is 20.9. The van der Waals surface area contributed by atoms with Gasteiger partial charge in [0.2, 0.25) is 5.88 Å². The number of amides is 2. The monoisotopic (exact) mass is 547 g/mol. The summed E-state index contributed by atoms with van der Waals surface area (Å²) in [6, 6.07) is 17.5. The van der Waals surface area contributed by atoms with Gasteiger partial charge >= 0.3 is 0 Å². The first-order chi connectivity index (χ1) is 18.7. The van der Waals surface area contributed by atoms with Crippen LogP contribution in [0.25, 0.3) is 0 Å². The van der Waals surface area contributed by atoms with Crippen molar-refractivity contribution in [3.05, 3.63) is 99.1 Å². The summed E-state index contributed by atoms with van der Waals surface area (Å²) in [4.78, 5) is 34.2. The van der Waals surface area contributed by atoms with E-state index >= 15 is 0 Å². The van der Waals surface area contributed by atoms with Crippen molar-refractivity contribution in [2.75, 3.05) is 25.5 Å². The Hall–Kier alpha value is -4.02. The zero-order chi connectivity index (χ0) is 27.9. The molecule has 10 heteroatoms. The molecule has 0 fully saturated rings. The highest BCUT2D eigenvalue weighted by molar-refractivity contribution is 7.09. The van der Waals surface area contributed by atoms with Crippen molar-refractivity contribution in [1.82, 2.24) is 20.4 Å². The van der Waals surface area contributed by atoms with Crippen molar-refractivity contribution >= 4 is 29.0 Å². The minimum absolute atomic E-state index is 0.206. The van der Waals surface area contributed by atoms with Crippen LogP contribution >= 0.6 is 11.3 Å². The van der Waals surface area contributed by atoms with Crippen LogP contribution in [0.2, 0.25) is 0 Å². The van der Waals surface area contributed by atoms with Gasteiger partial charge in [-0.25, -0.2) is 4.98 Å². The lowest BCUT2D eigenvalue weighted by Gasteiger charge is -2.28. The van der Waals surface area contributed by atoms with Crippen LogP contribution in [-0.4, -0.2) is 64.7 Å². The number of aliphatic hydroxyl groups is 1. The zero-order valence-electron chi connectivity index (χ0n) is 22.5. The molecule has 2 aromatic carbocycles. The molecule has 0 saturated heterocycles. The summed E-state index contributed by atoms with van der Waals surface area (Å²) in [5.74, 6) is -0.0528. The van der Waals surface area contributed by atoms with E-state index in [1.165, 1.54) is 11.3 Å². The summed E-state index contributed by atoms with van der Waals surface area (Å²) in [6.07, 6.45) is -0.492. The molecule has 4 rings (SSSR count). The minimum atomic E-state index is -0.915. The number of rotatable bonds is 11. The van der Waals surface area contributed by atoms with Gasteiger partial charge in [-0.15, -0.1) is 11.3 Å². The number of nitrogens with zero attached hydrogens (tertiary/aromatic N) is 4. The Bertz CT molecular complexity index is 1400. The van der Waals surface area contributed by atoms with Crippen molar-refractivity contribution in [3.63, 3.8) is 0 Å². The van der Waals surface area contributed by atoms with Gasteiger partial charge in [0, 0.05) is 48.9 Å². The first kappa shape index (κ1) is 28.0. The van der Waals surface area contributed by atoms with E-state index in [1.54, 1.807) is 54.2 Å². The van der Waals surface area contributed by atoms with Gasteiger partial charge in [-0.2, -0.15) is 0 Å². The fraction of sp³-hybridized carbons (Fsp3) is 0.310. The number of nitrogens with one attached hydrogen (secondary N) is 1. The van der Waals surface area contributed by atoms with Crippen LogP contribution in [0.3, 0.4) is 0 Å². The van der Waals surface area contributed by atoms with E-state index in [2.05, 4.69) is 15.5 Å². The number of hydrogen-bond donors (Lipinski definition) is 2. The Kier molecular flexibility index (Phi) is 9.11. The van der Waals surface area contributed by atoms with Crippen LogP contribution < -0.4 is 10.2 Å². The number of thiazole rings is 1. The summed E-state index contributed by atoms with van der Waals surface area (Å²) >= 11 is 1.51. The SMILES string of the molecule is Cc1cc(N(C)C[C@@H](O)[C@H](Cc2ccccc2)NC(=O)c2cccc(C(=O)N(C)Cc3nc(C)cs3)c2)on1. The van der Waals surface area contributed by atoms with E-state index in [4.69, 9.17) is 4.52 Å². The molecule has 204 valence electrons. The van der Waals surface area contributed by atoms with Gasteiger partial charge < -0.3 is 24.7 Å². The Balaban J connectivity index is 1.47. The van der Waals surface area contributed by atoms with Crippen LogP contribution in [0, 0.1) is 13.8 Å². The highest BCUT2D eigenvalue weighted by atomic mass is 32.1. The van der Waals surface area contributed by atoms with E-state index < -0.39 is 12.1 Å². The first-order valence-corrected chi connectivity index (χ1v) is 13.5. The summed E-state index contributed by atoms with van der Waals surface area (Å²) < 4.78 is 5.31. The third kappa shape index (κ3) is 7.52. The summed E-state index contributed by atoms with van der Waals surface area (Å²) in [7, 11) is 3.51. The quantitative estimate of drug-likeness (QED) is 0.293. The molecule has 0 radical (unpaired) electrons. The predicted octanol–water partition coefficient (Wildman–Crippen LogP) is 3.86. The van der Waals surface area contributed by atoms with E-state index in [-0.39, 0.29) is 18.4 Å². The van der Waals surface area contributed by atoms with Crippen LogP contribution in [0.5, 0.6) is 0 Å². The fourth-order valence-corrected chi connectivity index (χ4v) is 5.02. The largest absolute Gasteiger partial charge is 0.389 e. The molecule has 9 nitrogen and oxygen atoms in total. The average Bonchev–Trinajstić information content (AvgIpc) is 3.55. The Labute approximate surface area is 232 Å². The highest BCUT2D eigenvalue weighted by Gasteiger charge is 2.25. The molecular formula is C29H33N5O4S. The number of carbonyl (C=O) groups is 2. The normalized spacial score (nSPS) is 12.5. The number of aromatic nitrogens is 2. The third-order valence-corrected chi connectivity index (χ3v) is 7.24. The average molecular weight is 548 g/mol. The summed E-state index contributed by atoms with van der Waals surface area (Å²) in [5.41, 5.74) is 3.37. The molecule has 4 aromatic rings. The second-order valence-electron chi connectivity index (χ2n) is 9.65. The van der Waals surface area contributed by atoms with Gasteiger partial charge in [0.15, 0.2) is 0 Å². The molecule has 2 heterocycles. The van der Waals surface area contributed by atoms with E-state index in [0.29, 0.717) is 30.0 Å². The fourth-order valence-electron chi connectivity index (χ4n) is 4.19. The number of anilines is 1. The molecule has 0 spiro atoms. The van der Waals surface area contributed by atoms with Gasteiger partial charge in [0.25, 0.3) is 11.8 Å². The lowest BCUT2D eigenvalue weighted by atomic mass is 10.00. The minimum Gasteiger partial charge on any atom is -0.389 e. The Morgan fingerprint density at radius 1 is 1.03 bits per heavy atom. The van der Waals surface area contributed by atoms with Gasteiger partial charge in [0.05, 0.1) is 24.4 Å². The van der Waals surface area contributed by atoms with Gasteiger partial charge in [-0.3, -0.25) is 9.59 Å². The number of likely N-dealkylation sites (N-methyl/N-ethyl adjacent to an activating group) is 1. The maximum Gasteiger partial charge on any atom is 0.253 e. The predicted molar refractivity (Wildman–Crippen MR) is 151 cm³/mol. The standard InChI is InChI=1S/C29H33N5O4S/c1-19-13-27(38-32-19)33(3)16-25(35)24(14-21-9-6-5-7-10-21)31-28(36)22-11-8-12-23(15-22)29(37)34(4)17-26-30-20(2)18-39-26/h5-13,15,18,24-25,35H,14,16-17H2,1-4H3,(H,31,36)/t24-,25+/m0/s1. The molecular weight excluding hydrogens is 514 g/mol. The van der Waals surface area contributed by atoms with E-state index in [1.807, 2.05) is 49.6 Å². The Morgan fingerprint density at radius 3 is 2.44 bits per heavy atom. The lowest BCUT2D eigenvalue weighted by molar-refractivity contribution is 0.0785. The molecule has 0 aliphatic rings. The molecule has 39 heavy (non-hydrogen) atoms. The number of aryl methyl sites for hydroxylation is 2. The van der Waals surface area contributed by atoms with Crippen molar-refractivity contribution in [2.24, 2.45) is 0 Å². The van der Waals surface area contributed by atoms with Crippen molar-refractivity contribution in [1.29, 1.82) is 0 Å². The number of aliphatic hydroxyl groups excluding tert-OH is 1. The van der Waals surface area contributed by atoms with E-state index in [9.17, 15) is 14.7 Å². The van der Waals surface area contributed by atoms with Crippen molar-refractivity contribution < 1.29 is 19.2 Å². The third-order valence-electron chi connectivity index (χ3n) is 6.29. The molecule has 2 amide bonds.